The number of hydrogen-bond donors (Lipinski definition) is 0. The van der Waals surface area contributed by atoms with Crippen LogP contribution in [0.15, 0.2) is 76.6 Å². The molecule has 0 saturated heterocycles. The molecule has 0 saturated carbocycles. The molecule has 0 aliphatic carbocycles. The lowest BCUT2D eigenvalue weighted by Crippen LogP contribution is -2.21. The number of methoxy groups -OCH3 is 1. The van der Waals surface area contributed by atoms with Gasteiger partial charge in [-0.05, 0) is 106 Å². The van der Waals surface area contributed by atoms with E-state index in [9.17, 15) is 4.79 Å². The topological polar surface area (TPSA) is 64.7 Å². The highest BCUT2D eigenvalue weighted by Crippen LogP contribution is 2.34. The van der Waals surface area contributed by atoms with Gasteiger partial charge in [0.05, 0.1) is 24.2 Å². The maximum atomic E-state index is 13.9. The molecule has 5 rings (SSSR count). The Hall–Kier alpha value is -4.65. The molecule has 0 atom stereocenters. The van der Waals surface area contributed by atoms with Gasteiger partial charge in [0.25, 0.3) is 5.56 Å². The third kappa shape index (κ3) is 5.59. The van der Waals surface area contributed by atoms with Gasteiger partial charge in [-0.3, -0.25) is 4.79 Å². The number of aromatic nitrogens is 3. The molecule has 0 fully saturated rings. The van der Waals surface area contributed by atoms with Crippen LogP contribution in [0.25, 0.3) is 28.0 Å². The number of para-hydroxylation sites is 1. The third-order valence-corrected chi connectivity index (χ3v) is 8.21. The van der Waals surface area contributed by atoms with Crippen molar-refractivity contribution >= 4 is 22.8 Å². The zero-order valence-electron chi connectivity index (χ0n) is 26.5. The SMILES string of the molecule is CCN(CC)c1ccc(-n2c(C)cc(C=Nn3c(-c4cc(C(C)C)c(OC)cc4C)nc4ccccc4c3=O)c2C)cc1. The van der Waals surface area contributed by atoms with Crippen molar-refractivity contribution < 1.29 is 4.74 Å². The lowest BCUT2D eigenvalue weighted by molar-refractivity contribution is 0.407. The first kappa shape index (κ1) is 29.8. The Labute approximate surface area is 254 Å². The first-order chi connectivity index (χ1) is 20.7. The smallest absolute Gasteiger partial charge is 0.282 e. The highest BCUT2D eigenvalue weighted by molar-refractivity contribution is 5.84. The van der Waals surface area contributed by atoms with Gasteiger partial charge in [-0.15, -0.1) is 0 Å². The first-order valence-corrected chi connectivity index (χ1v) is 15.0. The van der Waals surface area contributed by atoms with Gasteiger partial charge in [0.2, 0.25) is 0 Å². The van der Waals surface area contributed by atoms with Crippen molar-refractivity contribution in [2.45, 2.75) is 54.4 Å². The number of rotatable bonds is 9. The number of aryl methyl sites for hydroxylation is 2. The minimum atomic E-state index is -0.209. The van der Waals surface area contributed by atoms with E-state index in [1.165, 1.54) is 10.4 Å². The Balaban J connectivity index is 1.63. The summed E-state index contributed by atoms with van der Waals surface area (Å²) in [5.74, 6) is 1.56. The van der Waals surface area contributed by atoms with Gasteiger partial charge in [0, 0.05) is 47.0 Å². The summed E-state index contributed by atoms with van der Waals surface area (Å²) in [5, 5.41) is 5.32. The summed E-state index contributed by atoms with van der Waals surface area (Å²) in [6.45, 7) is 16.7. The van der Waals surface area contributed by atoms with Crippen molar-refractivity contribution in [1.29, 1.82) is 0 Å². The Bertz CT molecular complexity index is 1860. The molecular formula is C36H41N5O2. The molecule has 2 aromatic heterocycles. The molecule has 0 bridgehead atoms. The normalized spacial score (nSPS) is 11.7. The molecule has 7 heteroatoms. The number of benzene rings is 3. The number of ether oxygens (including phenoxy) is 1. The molecule has 2 heterocycles. The van der Waals surface area contributed by atoms with Crippen LogP contribution in [-0.4, -0.2) is 40.6 Å². The van der Waals surface area contributed by atoms with E-state index in [1.807, 2.05) is 31.2 Å². The predicted molar refractivity (Wildman–Crippen MR) is 179 cm³/mol. The summed E-state index contributed by atoms with van der Waals surface area (Å²) in [7, 11) is 1.69. The maximum Gasteiger partial charge on any atom is 0.282 e. The lowest BCUT2D eigenvalue weighted by atomic mass is 9.96. The van der Waals surface area contributed by atoms with Gasteiger partial charge in [-0.1, -0.05) is 26.0 Å². The van der Waals surface area contributed by atoms with Crippen LogP contribution in [0.4, 0.5) is 5.69 Å². The van der Waals surface area contributed by atoms with Crippen LogP contribution in [-0.2, 0) is 0 Å². The summed E-state index contributed by atoms with van der Waals surface area (Å²) in [6.07, 6.45) is 1.77. The molecule has 43 heavy (non-hydrogen) atoms. The van der Waals surface area contributed by atoms with Crippen molar-refractivity contribution in [2.24, 2.45) is 5.10 Å². The van der Waals surface area contributed by atoms with Crippen LogP contribution in [0.1, 0.15) is 61.7 Å². The summed E-state index contributed by atoms with van der Waals surface area (Å²) in [4.78, 5) is 21.2. The summed E-state index contributed by atoms with van der Waals surface area (Å²) >= 11 is 0. The highest BCUT2D eigenvalue weighted by atomic mass is 16.5. The maximum absolute atomic E-state index is 13.9. The van der Waals surface area contributed by atoms with Crippen molar-refractivity contribution in [2.75, 3.05) is 25.1 Å². The zero-order valence-corrected chi connectivity index (χ0v) is 26.5. The van der Waals surface area contributed by atoms with Gasteiger partial charge in [-0.2, -0.15) is 9.78 Å². The van der Waals surface area contributed by atoms with Gasteiger partial charge in [0.15, 0.2) is 5.82 Å². The molecule has 0 aliphatic rings. The first-order valence-electron chi connectivity index (χ1n) is 15.0. The van der Waals surface area contributed by atoms with Gasteiger partial charge >= 0.3 is 0 Å². The summed E-state index contributed by atoms with van der Waals surface area (Å²) in [6, 6.07) is 22.3. The Morgan fingerprint density at radius 3 is 2.33 bits per heavy atom. The molecule has 0 N–H and O–H groups in total. The van der Waals surface area contributed by atoms with E-state index in [0.717, 1.165) is 58.2 Å². The molecule has 3 aromatic carbocycles. The van der Waals surface area contributed by atoms with E-state index in [2.05, 4.69) is 87.4 Å². The van der Waals surface area contributed by atoms with Crippen LogP contribution >= 0.6 is 0 Å². The summed E-state index contributed by atoms with van der Waals surface area (Å²) in [5.41, 5.74) is 8.66. The number of fused-ring (bicyclic) bond motifs is 1. The molecule has 7 nitrogen and oxygen atoms in total. The van der Waals surface area contributed by atoms with Crippen LogP contribution in [0.2, 0.25) is 0 Å². The second kappa shape index (κ2) is 12.3. The number of anilines is 1. The molecule has 5 aromatic rings. The number of nitrogens with zero attached hydrogens (tertiary/aromatic N) is 5. The fourth-order valence-corrected chi connectivity index (χ4v) is 5.81. The van der Waals surface area contributed by atoms with Gasteiger partial charge in [-0.25, -0.2) is 4.98 Å². The molecule has 0 spiro atoms. The fraction of sp³-hybridized carbons (Fsp3) is 0.306. The fourth-order valence-electron chi connectivity index (χ4n) is 5.81. The van der Waals surface area contributed by atoms with Gasteiger partial charge in [0.1, 0.15) is 5.75 Å². The third-order valence-electron chi connectivity index (χ3n) is 8.21. The zero-order chi connectivity index (χ0) is 30.8. The van der Waals surface area contributed by atoms with E-state index in [4.69, 9.17) is 14.8 Å². The number of hydrogen-bond acceptors (Lipinski definition) is 5. The Morgan fingerprint density at radius 2 is 1.67 bits per heavy atom. The van der Waals surface area contributed by atoms with Gasteiger partial charge < -0.3 is 14.2 Å². The van der Waals surface area contributed by atoms with Crippen molar-refractivity contribution in [3.05, 3.63) is 105 Å². The van der Waals surface area contributed by atoms with Crippen molar-refractivity contribution in [3.63, 3.8) is 0 Å². The molecule has 0 aliphatic heterocycles. The second-order valence-corrected chi connectivity index (χ2v) is 11.2. The van der Waals surface area contributed by atoms with E-state index < -0.39 is 0 Å². The molecule has 0 unspecified atom stereocenters. The largest absolute Gasteiger partial charge is 0.496 e. The predicted octanol–water partition coefficient (Wildman–Crippen LogP) is 7.64. The van der Waals surface area contributed by atoms with E-state index >= 15 is 0 Å². The average molecular weight is 576 g/mol. The Kier molecular flexibility index (Phi) is 8.53. The average Bonchev–Trinajstić information content (AvgIpc) is 3.29. The van der Waals surface area contributed by atoms with Crippen LogP contribution in [0, 0.1) is 20.8 Å². The van der Waals surface area contributed by atoms with Crippen LogP contribution in [0.3, 0.4) is 0 Å². The highest BCUT2D eigenvalue weighted by Gasteiger charge is 2.19. The van der Waals surface area contributed by atoms with E-state index in [0.29, 0.717) is 16.7 Å². The van der Waals surface area contributed by atoms with Crippen molar-refractivity contribution in [3.8, 4) is 22.8 Å². The lowest BCUT2D eigenvalue weighted by Gasteiger charge is -2.21. The quantitative estimate of drug-likeness (QED) is 0.169. The molecule has 0 amide bonds. The van der Waals surface area contributed by atoms with Crippen LogP contribution in [0.5, 0.6) is 5.75 Å². The monoisotopic (exact) mass is 575 g/mol. The molecule has 222 valence electrons. The minimum Gasteiger partial charge on any atom is -0.496 e. The van der Waals surface area contributed by atoms with E-state index in [-0.39, 0.29) is 11.5 Å². The summed E-state index contributed by atoms with van der Waals surface area (Å²) < 4.78 is 9.33. The minimum absolute atomic E-state index is 0.209. The van der Waals surface area contributed by atoms with Crippen molar-refractivity contribution in [1.82, 2.24) is 14.2 Å². The van der Waals surface area contributed by atoms with Crippen LogP contribution < -0.4 is 15.2 Å². The Morgan fingerprint density at radius 1 is 0.977 bits per heavy atom. The molecular weight excluding hydrogens is 534 g/mol. The second-order valence-electron chi connectivity index (χ2n) is 11.2. The molecule has 0 radical (unpaired) electrons. The van der Waals surface area contributed by atoms with E-state index in [1.54, 1.807) is 19.4 Å². The standard InChI is InChI=1S/C36H41N5O2/c1-9-39(10-2)28-15-17-29(18-16-28)40-25(6)20-27(26(40)7)22-37-41-35(38-33-14-12-11-13-30(33)36(41)42)32-21-31(23(3)4)34(43-8)19-24(32)5/h11-23H,9-10H2,1-8H3.